The van der Waals surface area contributed by atoms with Gasteiger partial charge in [-0.25, -0.2) is 0 Å². The summed E-state index contributed by atoms with van der Waals surface area (Å²) in [7, 11) is 0. The number of nitrogens with one attached hydrogen (secondary N) is 1. The molecule has 0 bridgehead atoms. The van der Waals surface area contributed by atoms with Crippen LogP contribution in [0.15, 0.2) is 18.2 Å². The Morgan fingerprint density at radius 1 is 1.09 bits per heavy atom. The van der Waals surface area contributed by atoms with E-state index >= 15 is 0 Å². The highest BCUT2D eigenvalue weighted by Gasteiger charge is 2.21. The van der Waals surface area contributed by atoms with Crippen molar-refractivity contribution in [2.75, 3.05) is 45.9 Å². The number of carbonyl (C=O) groups is 2. The number of hydrogen-bond acceptors (Lipinski definition) is 5. The molecular formula is C25H39N3O4. The maximum atomic E-state index is 12.8. The fourth-order valence-corrected chi connectivity index (χ4v) is 4.60. The minimum atomic E-state index is -0.126. The van der Waals surface area contributed by atoms with Crippen LogP contribution in [-0.4, -0.2) is 73.6 Å². The second kappa shape index (κ2) is 12.1. The van der Waals surface area contributed by atoms with Gasteiger partial charge in [0, 0.05) is 37.8 Å². The van der Waals surface area contributed by atoms with Crippen LogP contribution in [0.2, 0.25) is 0 Å². The first-order valence-corrected chi connectivity index (χ1v) is 12.2. The van der Waals surface area contributed by atoms with Gasteiger partial charge in [-0.1, -0.05) is 6.92 Å². The molecule has 2 unspecified atom stereocenters. The molecule has 2 aliphatic heterocycles. The highest BCUT2D eigenvalue weighted by atomic mass is 16.5. The molecule has 2 aliphatic rings. The summed E-state index contributed by atoms with van der Waals surface area (Å²) in [5.41, 5.74) is 0.530. The third-order valence-corrected chi connectivity index (χ3v) is 6.22. The van der Waals surface area contributed by atoms with Crippen molar-refractivity contribution in [3.63, 3.8) is 0 Å². The monoisotopic (exact) mass is 445 g/mol. The topological polar surface area (TPSA) is 71.1 Å². The lowest BCUT2D eigenvalue weighted by atomic mass is 10.00. The van der Waals surface area contributed by atoms with Crippen LogP contribution in [0, 0.1) is 5.92 Å². The van der Waals surface area contributed by atoms with E-state index in [2.05, 4.69) is 17.1 Å². The van der Waals surface area contributed by atoms with Gasteiger partial charge in [-0.15, -0.1) is 0 Å². The van der Waals surface area contributed by atoms with Crippen molar-refractivity contribution in [3.8, 4) is 11.5 Å². The van der Waals surface area contributed by atoms with Crippen molar-refractivity contribution in [1.29, 1.82) is 0 Å². The van der Waals surface area contributed by atoms with Gasteiger partial charge in [0.15, 0.2) is 18.1 Å². The fraction of sp³-hybridized carbons (Fsp3) is 0.680. The Bertz CT molecular complexity index is 764. The van der Waals surface area contributed by atoms with E-state index in [1.807, 2.05) is 18.7 Å². The molecule has 2 atom stereocenters. The summed E-state index contributed by atoms with van der Waals surface area (Å²) in [5.74, 6) is 1.57. The Kier molecular flexibility index (Phi) is 9.21. The lowest BCUT2D eigenvalue weighted by Crippen LogP contribution is -2.45. The SMILES string of the molecule is CCOc1cc(C(=O)NC(C)CN2CCCC(C)C2)ccc1OCC(=O)N1CCCCC1. The maximum absolute atomic E-state index is 12.8. The van der Waals surface area contributed by atoms with Gasteiger partial charge in [0.2, 0.25) is 0 Å². The number of piperidine rings is 2. The number of amides is 2. The summed E-state index contributed by atoms with van der Waals surface area (Å²) in [4.78, 5) is 29.5. The van der Waals surface area contributed by atoms with E-state index in [1.54, 1.807) is 18.2 Å². The average molecular weight is 446 g/mol. The Morgan fingerprint density at radius 3 is 2.59 bits per heavy atom. The van der Waals surface area contributed by atoms with Crippen molar-refractivity contribution in [1.82, 2.24) is 15.1 Å². The smallest absolute Gasteiger partial charge is 0.260 e. The molecule has 0 spiro atoms. The molecule has 178 valence electrons. The minimum absolute atomic E-state index is 0.00479. The van der Waals surface area contributed by atoms with E-state index in [1.165, 1.54) is 19.3 Å². The van der Waals surface area contributed by atoms with Crippen LogP contribution in [0.25, 0.3) is 0 Å². The van der Waals surface area contributed by atoms with E-state index in [4.69, 9.17) is 9.47 Å². The van der Waals surface area contributed by atoms with Crippen LogP contribution in [0.3, 0.4) is 0 Å². The van der Waals surface area contributed by atoms with Crippen LogP contribution in [0.4, 0.5) is 0 Å². The number of benzene rings is 1. The van der Waals surface area contributed by atoms with Crippen molar-refractivity contribution in [2.24, 2.45) is 5.92 Å². The first kappa shape index (κ1) is 24.4. The standard InChI is InChI=1S/C25H39N3O4/c1-4-31-23-15-21(25(30)26-20(3)17-27-12-8-9-19(2)16-27)10-11-22(23)32-18-24(29)28-13-6-5-7-14-28/h10-11,15,19-20H,4-9,12-14,16-18H2,1-3H3,(H,26,30). The molecule has 32 heavy (non-hydrogen) atoms. The Labute approximate surface area is 192 Å². The number of rotatable bonds is 9. The van der Waals surface area contributed by atoms with Crippen LogP contribution in [0.5, 0.6) is 11.5 Å². The van der Waals surface area contributed by atoms with Gasteiger partial charge in [0.1, 0.15) is 0 Å². The fourth-order valence-electron chi connectivity index (χ4n) is 4.60. The molecule has 3 rings (SSSR count). The third kappa shape index (κ3) is 7.12. The largest absolute Gasteiger partial charge is 0.490 e. The second-order valence-electron chi connectivity index (χ2n) is 9.21. The first-order valence-electron chi connectivity index (χ1n) is 12.2. The molecule has 1 N–H and O–H groups in total. The molecular weight excluding hydrogens is 406 g/mol. The zero-order chi connectivity index (χ0) is 22.9. The lowest BCUT2D eigenvalue weighted by Gasteiger charge is -2.32. The predicted octanol–water partition coefficient (Wildman–Crippen LogP) is 3.33. The summed E-state index contributed by atoms with van der Waals surface area (Å²) in [6.07, 6.45) is 5.79. The van der Waals surface area contributed by atoms with Crippen LogP contribution >= 0.6 is 0 Å². The summed E-state index contributed by atoms with van der Waals surface area (Å²) >= 11 is 0. The average Bonchev–Trinajstić information content (AvgIpc) is 2.78. The van der Waals surface area contributed by atoms with Gasteiger partial charge in [-0.2, -0.15) is 0 Å². The van der Waals surface area contributed by atoms with E-state index in [9.17, 15) is 9.59 Å². The molecule has 7 nitrogen and oxygen atoms in total. The molecule has 2 amide bonds. The molecule has 2 heterocycles. The molecule has 0 radical (unpaired) electrons. The van der Waals surface area contributed by atoms with E-state index in [-0.39, 0.29) is 24.5 Å². The predicted molar refractivity (Wildman–Crippen MR) is 125 cm³/mol. The molecule has 0 saturated carbocycles. The van der Waals surface area contributed by atoms with Crippen molar-refractivity contribution >= 4 is 11.8 Å². The summed E-state index contributed by atoms with van der Waals surface area (Å²) in [6, 6.07) is 5.21. The van der Waals surface area contributed by atoms with Crippen LogP contribution < -0.4 is 14.8 Å². The third-order valence-electron chi connectivity index (χ3n) is 6.22. The number of ether oxygens (including phenoxy) is 2. The Hall–Kier alpha value is -2.28. The molecule has 0 aromatic heterocycles. The normalized spacial score (nSPS) is 20.5. The molecule has 0 aliphatic carbocycles. The summed E-state index contributed by atoms with van der Waals surface area (Å²) < 4.78 is 11.5. The summed E-state index contributed by atoms with van der Waals surface area (Å²) in [5, 5.41) is 3.10. The van der Waals surface area contributed by atoms with E-state index < -0.39 is 0 Å². The van der Waals surface area contributed by atoms with E-state index in [0.717, 1.165) is 51.5 Å². The number of likely N-dealkylation sites (tertiary alicyclic amines) is 2. The molecule has 1 aromatic carbocycles. The van der Waals surface area contributed by atoms with Crippen LogP contribution in [0.1, 0.15) is 63.2 Å². The van der Waals surface area contributed by atoms with E-state index in [0.29, 0.717) is 23.7 Å². The van der Waals surface area contributed by atoms with Crippen molar-refractivity contribution in [3.05, 3.63) is 23.8 Å². The van der Waals surface area contributed by atoms with Gasteiger partial charge in [0.25, 0.3) is 11.8 Å². The molecule has 2 saturated heterocycles. The summed E-state index contributed by atoms with van der Waals surface area (Å²) in [6.45, 7) is 11.3. The maximum Gasteiger partial charge on any atom is 0.260 e. The van der Waals surface area contributed by atoms with Crippen LogP contribution in [-0.2, 0) is 4.79 Å². The zero-order valence-corrected chi connectivity index (χ0v) is 19.9. The highest BCUT2D eigenvalue weighted by Crippen LogP contribution is 2.29. The van der Waals surface area contributed by atoms with Gasteiger partial charge < -0.3 is 24.6 Å². The van der Waals surface area contributed by atoms with Crippen molar-refractivity contribution in [2.45, 2.75) is 58.9 Å². The van der Waals surface area contributed by atoms with Gasteiger partial charge in [-0.05, 0) is 76.6 Å². The van der Waals surface area contributed by atoms with Crippen molar-refractivity contribution < 1.29 is 19.1 Å². The van der Waals surface area contributed by atoms with Gasteiger partial charge in [-0.3, -0.25) is 9.59 Å². The first-order chi connectivity index (χ1) is 15.5. The minimum Gasteiger partial charge on any atom is -0.490 e. The molecule has 2 fully saturated rings. The zero-order valence-electron chi connectivity index (χ0n) is 19.9. The lowest BCUT2D eigenvalue weighted by molar-refractivity contribution is -0.134. The quantitative estimate of drug-likeness (QED) is 0.631. The molecule has 1 aromatic rings. The highest BCUT2D eigenvalue weighted by molar-refractivity contribution is 5.95. The Morgan fingerprint density at radius 2 is 1.88 bits per heavy atom. The van der Waals surface area contributed by atoms with Gasteiger partial charge >= 0.3 is 0 Å². The Balaban J connectivity index is 1.56. The molecule has 7 heteroatoms. The second-order valence-corrected chi connectivity index (χ2v) is 9.21. The number of hydrogen-bond donors (Lipinski definition) is 1. The number of nitrogens with zero attached hydrogens (tertiary/aromatic N) is 2. The number of carbonyl (C=O) groups excluding carboxylic acids is 2. The van der Waals surface area contributed by atoms with Gasteiger partial charge in [0.05, 0.1) is 6.61 Å².